The van der Waals surface area contributed by atoms with Crippen LogP contribution in [0.5, 0.6) is 0 Å². The van der Waals surface area contributed by atoms with Crippen LogP contribution in [0.1, 0.15) is 57.1 Å². The zero-order valence-corrected chi connectivity index (χ0v) is 16.5. The van der Waals surface area contributed by atoms with Crippen molar-refractivity contribution in [2.75, 3.05) is 19.4 Å². The molecule has 2 aromatic rings. The number of rotatable bonds is 7. The largest absolute Gasteiger partial charge is 0.462 e. The van der Waals surface area contributed by atoms with E-state index in [1.807, 2.05) is 11.6 Å². The number of carbonyl (C=O) groups is 2. The Kier molecular flexibility index (Phi) is 5.52. The number of ether oxygens (including phenoxy) is 1. The van der Waals surface area contributed by atoms with Crippen molar-refractivity contribution in [2.45, 2.75) is 36.6 Å². The van der Waals surface area contributed by atoms with Gasteiger partial charge in [-0.15, -0.1) is 21.5 Å². The monoisotopic (exact) mass is 395 g/mol. The molecule has 0 unspecified atom stereocenters. The maximum Gasteiger partial charge on any atom is 0.341 e. The zero-order valence-electron chi connectivity index (χ0n) is 14.9. The first-order chi connectivity index (χ1) is 12.5. The fourth-order valence-corrected chi connectivity index (χ4v) is 4.69. The molecular weight excluding hydrogens is 374 g/mol. The molecule has 0 spiro atoms. The van der Waals surface area contributed by atoms with Crippen LogP contribution in [0.3, 0.4) is 0 Å². The van der Waals surface area contributed by atoms with Gasteiger partial charge < -0.3 is 20.4 Å². The van der Waals surface area contributed by atoms with Crippen LogP contribution < -0.4 is 11.1 Å². The second kappa shape index (κ2) is 7.67. The van der Waals surface area contributed by atoms with Crippen LogP contribution in [0.25, 0.3) is 0 Å². The van der Waals surface area contributed by atoms with E-state index in [0.717, 1.165) is 35.2 Å². The fraction of sp³-hybridized carbons (Fsp3) is 0.500. The molecule has 10 heteroatoms. The van der Waals surface area contributed by atoms with Gasteiger partial charge in [0, 0.05) is 31.3 Å². The van der Waals surface area contributed by atoms with Crippen LogP contribution >= 0.6 is 23.1 Å². The molecule has 0 radical (unpaired) electrons. The predicted octanol–water partition coefficient (Wildman–Crippen LogP) is 2.16. The SMILES string of the molecule is CCOC(=O)c1c(N)sc(C(=O)NC)c1CSc1nnc(C2CC2)n1C. The van der Waals surface area contributed by atoms with Crippen molar-refractivity contribution in [2.24, 2.45) is 7.05 Å². The average molecular weight is 396 g/mol. The lowest BCUT2D eigenvalue weighted by molar-refractivity contribution is 0.0527. The summed E-state index contributed by atoms with van der Waals surface area (Å²) in [6, 6.07) is 0. The van der Waals surface area contributed by atoms with E-state index >= 15 is 0 Å². The third kappa shape index (κ3) is 3.56. The number of thiophene rings is 1. The third-order valence-corrected chi connectivity index (χ3v) is 6.21. The number of anilines is 1. The maximum absolute atomic E-state index is 12.3. The Morgan fingerprint density at radius 2 is 2.15 bits per heavy atom. The average Bonchev–Trinajstić information content (AvgIpc) is 3.31. The number of esters is 1. The zero-order chi connectivity index (χ0) is 18.8. The summed E-state index contributed by atoms with van der Waals surface area (Å²) in [6.45, 7) is 1.97. The fourth-order valence-electron chi connectivity index (χ4n) is 2.63. The number of nitrogens with zero attached hydrogens (tertiary/aromatic N) is 3. The highest BCUT2D eigenvalue weighted by Gasteiger charge is 2.30. The summed E-state index contributed by atoms with van der Waals surface area (Å²) in [7, 11) is 3.48. The molecule has 1 amide bonds. The first-order valence-corrected chi connectivity index (χ1v) is 10.1. The molecule has 1 aliphatic rings. The van der Waals surface area contributed by atoms with Crippen molar-refractivity contribution >= 4 is 40.0 Å². The Bertz CT molecular complexity index is 841. The molecule has 26 heavy (non-hydrogen) atoms. The van der Waals surface area contributed by atoms with E-state index in [-0.39, 0.29) is 23.1 Å². The van der Waals surface area contributed by atoms with E-state index < -0.39 is 5.97 Å². The number of hydrogen-bond donors (Lipinski definition) is 2. The van der Waals surface area contributed by atoms with E-state index in [1.54, 1.807) is 14.0 Å². The minimum Gasteiger partial charge on any atom is -0.462 e. The van der Waals surface area contributed by atoms with E-state index in [9.17, 15) is 9.59 Å². The van der Waals surface area contributed by atoms with Gasteiger partial charge in [0.05, 0.1) is 17.0 Å². The normalized spacial score (nSPS) is 13.7. The smallest absolute Gasteiger partial charge is 0.341 e. The van der Waals surface area contributed by atoms with Crippen molar-refractivity contribution in [1.29, 1.82) is 0 Å². The minimum absolute atomic E-state index is 0.240. The summed E-state index contributed by atoms with van der Waals surface area (Å²) in [6.07, 6.45) is 2.29. The molecule has 3 rings (SSSR count). The van der Waals surface area contributed by atoms with E-state index in [2.05, 4.69) is 15.5 Å². The second-order valence-electron chi connectivity index (χ2n) is 5.91. The van der Waals surface area contributed by atoms with Gasteiger partial charge in [0.1, 0.15) is 10.8 Å². The van der Waals surface area contributed by atoms with Crippen molar-refractivity contribution in [1.82, 2.24) is 20.1 Å². The molecule has 0 bridgehead atoms. The quantitative estimate of drug-likeness (QED) is 0.546. The first-order valence-electron chi connectivity index (χ1n) is 8.30. The Hall–Kier alpha value is -2.07. The molecule has 0 atom stereocenters. The van der Waals surface area contributed by atoms with Gasteiger partial charge in [0.25, 0.3) is 5.91 Å². The van der Waals surface area contributed by atoms with Crippen LogP contribution in [0.4, 0.5) is 5.00 Å². The molecule has 3 N–H and O–H groups in total. The number of nitrogens with one attached hydrogen (secondary N) is 1. The predicted molar refractivity (Wildman–Crippen MR) is 101 cm³/mol. The lowest BCUT2D eigenvalue weighted by Crippen LogP contribution is -2.18. The minimum atomic E-state index is -0.511. The molecule has 1 aliphatic carbocycles. The van der Waals surface area contributed by atoms with Gasteiger partial charge in [-0.2, -0.15) is 0 Å². The number of hydrogen-bond acceptors (Lipinski definition) is 8. The maximum atomic E-state index is 12.3. The Balaban J connectivity index is 1.89. The van der Waals surface area contributed by atoms with Crippen LogP contribution in [0, 0.1) is 0 Å². The Morgan fingerprint density at radius 3 is 2.77 bits per heavy atom. The third-order valence-electron chi connectivity index (χ3n) is 4.10. The number of thioether (sulfide) groups is 1. The number of aromatic nitrogens is 3. The van der Waals surface area contributed by atoms with Gasteiger partial charge in [-0.1, -0.05) is 11.8 Å². The van der Waals surface area contributed by atoms with E-state index in [1.165, 1.54) is 11.8 Å². The molecule has 0 saturated heterocycles. The summed E-state index contributed by atoms with van der Waals surface area (Å²) >= 11 is 2.52. The Labute approximate surface area is 159 Å². The van der Waals surface area contributed by atoms with Gasteiger partial charge in [-0.25, -0.2) is 4.79 Å². The van der Waals surface area contributed by atoms with Gasteiger partial charge in [-0.05, 0) is 19.8 Å². The highest BCUT2D eigenvalue weighted by molar-refractivity contribution is 7.98. The number of nitrogens with two attached hydrogens (primary N) is 1. The molecule has 1 fully saturated rings. The van der Waals surface area contributed by atoms with Crippen molar-refractivity contribution < 1.29 is 14.3 Å². The number of nitrogen functional groups attached to an aromatic ring is 1. The number of amides is 1. The standard InChI is InChI=1S/C16H21N5O3S2/c1-4-24-15(23)10-9(11(14(22)18-2)26-12(10)17)7-25-16-20-19-13(21(16)3)8-5-6-8/h8H,4-7,17H2,1-3H3,(H,18,22). The Morgan fingerprint density at radius 1 is 1.42 bits per heavy atom. The van der Waals surface area contributed by atoms with Crippen molar-refractivity contribution in [3.63, 3.8) is 0 Å². The van der Waals surface area contributed by atoms with E-state index in [4.69, 9.17) is 10.5 Å². The summed E-state index contributed by atoms with van der Waals surface area (Å²) < 4.78 is 7.08. The van der Waals surface area contributed by atoms with Crippen molar-refractivity contribution in [3.8, 4) is 0 Å². The summed E-state index contributed by atoms with van der Waals surface area (Å²) in [5.74, 6) is 1.07. The van der Waals surface area contributed by atoms with Crippen molar-refractivity contribution in [3.05, 3.63) is 21.8 Å². The van der Waals surface area contributed by atoms with E-state index in [0.29, 0.717) is 22.1 Å². The molecule has 8 nitrogen and oxygen atoms in total. The highest BCUT2D eigenvalue weighted by atomic mass is 32.2. The van der Waals surface area contributed by atoms with Gasteiger partial charge in [0.15, 0.2) is 5.16 Å². The first kappa shape index (κ1) is 18.7. The summed E-state index contributed by atoms with van der Waals surface area (Å²) in [5, 5.41) is 12.1. The number of carbonyl (C=O) groups excluding carboxylic acids is 2. The topological polar surface area (TPSA) is 112 Å². The van der Waals surface area contributed by atoms with Gasteiger partial charge in [0.2, 0.25) is 0 Å². The lowest BCUT2D eigenvalue weighted by atomic mass is 10.1. The van der Waals surface area contributed by atoms with Gasteiger partial charge in [-0.3, -0.25) is 4.79 Å². The molecule has 140 valence electrons. The molecule has 2 heterocycles. The van der Waals surface area contributed by atoms with Gasteiger partial charge >= 0.3 is 5.97 Å². The lowest BCUT2D eigenvalue weighted by Gasteiger charge is -2.07. The van der Waals surface area contributed by atoms with Crippen LogP contribution in [-0.4, -0.2) is 40.3 Å². The second-order valence-corrected chi connectivity index (χ2v) is 7.91. The molecule has 1 saturated carbocycles. The van der Waals surface area contributed by atoms with Crippen LogP contribution in [-0.2, 0) is 17.5 Å². The van der Waals surface area contributed by atoms with Crippen LogP contribution in [0.15, 0.2) is 5.16 Å². The summed E-state index contributed by atoms with van der Waals surface area (Å²) in [5.41, 5.74) is 6.86. The molecule has 0 aromatic carbocycles. The summed E-state index contributed by atoms with van der Waals surface area (Å²) in [4.78, 5) is 25.0. The molecule has 0 aliphatic heterocycles. The van der Waals surface area contributed by atoms with Crippen LogP contribution in [0.2, 0.25) is 0 Å². The highest BCUT2D eigenvalue weighted by Crippen LogP contribution is 2.40. The molecular formula is C16H21N5O3S2. The molecule has 2 aromatic heterocycles.